The maximum atomic E-state index is 10.3. The van der Waals surface area contributed by atoms with Crippen molar-refractivity contribution in [2.45, 2.75) is 12.5 Å². The van der Waals surface area contributed by atoms with Gasteiger partial charge in [0.05, 0.1) is 11.6 Å². The van der Waals surface area contributed by atoms with Crippen LogP contribution in [0.3, 0.4) is 0 Å². The van der Waals surface area contributed by atoms with E-state index in [0.717, 1.165) is 28.6 Å². The van der Waals surface area contributed by atoms with Crippen LogP contribution in [0.1, 0.15) is 18.1 Å². The van der Waals surface area contributed by atoms with Crippen molar-refractivity contribution in [2.75, 3.05) is 11.5 Å². The van der Waals surface area contributed by atoms with E-state index in [1.165, 1.54) is 5.75 Å². The van der Waals surface area contributed by atoms with Crippen molar-refractivity contribution < 1.29 is 5.11 Å². The zero-order valence-electron chi connectivity index (χ0n) is 9.54. The van der Waals surface area contributed by atoms with Crippen molar-refractivity contribution in [1.29, 1.82) is 0 Å². The Balaban J connectivity index is 1.94. The van der Waals surface area contributed by atoms with Crippen molar-refractivity contribution >= 4 is 22.7 Å². The van der Waals surface area contributed by atoms with Gasteiger partial charge in [-0.15, -0.1) is 0 Å². The van der Waals surface area contributed by atoms with Gasteiger partial charge in [-0.2, -0.15) is 11.8 Å². The smallest absolute Gasteiger partial charge is 0.0827 e. The van der Waals surface area contributed by atoms with E-state index < -0.39 is 0 Å². The molecule has 17 heavy (non-hydrogen) atoms. The van der Waals surface area contributed by atoms with Crippen molar-refractivity contribution in [3.05, 3.63) is 42.1 Å². The maximum Gasteiger partial charge on any atom is 0.0827 e. The number of rotatable bonds is 2. The lowest BCUT2D eigenvalue weighted by atomic mass is 9.94. The lowest BCUT2D eigenvalue weighted by molar-refractivity contribution is 0.121. The second-order valence-electron chi connectivity index (χ2n) is 4.52. The molecule has 0 radical (unpaired) electrons. The monoisotopic (exact) mass is 245 g/mol. The second-order valence-corrected chi connectivity index (χ2v) is 5.67. The van der Waals surface area contributed by atoms with E-state index in [1.807, 2.05) is 42.1 Å². The highest BCUT2D eigenvalue weighted by atomic mass is 32.2. The second kappa shape index (κ2) is 4.67. The van der Waals surface area contributed by atoms with Gasteiger partial charge in [0, 0.05) is 11.6 Å². The predicted molar refractivity (Wildman–Crippen MR) is 72.1 cm³/mol. The van der Waals surface area contributed by atoms with E-state index in [1.54, 1.807) is 6.20 Å². The summed E-state index contributed by atoms with van der Waals surface area (Å²) in [5.41, 5.74) is 1.97. The highest BCUT2D eigenvalue weighted by Gasteiger charge is 2.24. The van der Waals surface area contributed by atoms with Gasteiger partial charge in [-0.05, 0) is 41.5 Å². The Bertz CT molecular complexity index is 522. The molecule has 1 N–H and O–H groups in total. The third kappa shape index (κ3) is 2.17. The number of pyridine rings is 1. The van der Waals surface area contributed by atoms with Crippen LogP contribution < -0.4 is 0 Å². The van der Waals surface area contributed by atoms with Gasteiger partial charge in [-0.25, -0.2) is 0 Å². The summed E-state index contributed by atoms with van der Waals surface area (Å²) < 4.78 is 0. The van der Waals surface area contributed by atoms with E-state index in [2.05, 4.69) is 4.98 Å². The number of hydrogen-bond donors (Lipinski definition) is 1. The molecule has 1 aromatic carbocycles. The molecule has 1 aromatic heterocycles. The van der Waals surface area contributed by atoms with E-state index in [9.17, 15) is 5.11 Å². The third-order valence-electron chi connectivity index (χ3n) is 3.38. The predicted octanol–water partition coefficient (Wildman–Crippen LogP) is 3.02. The molecule has 3 rings (SSSR count). The molecule has 0 amide bonds. The van der Waals surface area contributed by atoms with Gasteiger partial charge in [0.1, 0.15) is 0 Å². The van der Waals surface area contributed by atoms with Crippen molar-refractivity contribution in [1.82, 2.24) is 4.98 Å². The number of aliphatic hydroxyl groups is 1. The lowest BCUT2D eigenvalue weighted by Gasteiger charge is -2.17. The largest absolute Gasteiger partial charge is 0.388 e. The van der Waals surface area contributed by atoms with E-state index in [4.69, 9.17) is 0 Å². The van der Waals surface area contributed by atoms with Crippen LogP contribution in [-0.2, 0) is 0 Å². The number of thioether (sulfide) groups is 1. The fourth-order valence-corrected chi connectivity index (χ4v) is 3.63. The Labute approximate surface area is 105 Å². The number of aromatic nitrogens is 1. The summed E-state index contributed by atoms with van der Waals surface area (Å²) in [7, 11) is 0. The molecule has 1 fully saturated rings. The first-order valence-electron chi connectivity index (χ1n) is 5.95. The minimum absolute atomic E-state index is 0.337. The van der Waals surface area contributed by atoms with Crippen molar-refractivity contribution in [3.8, 4) is 0 Å². The Kier molecular flexibility index (Phi) is 3.04. The standard InChI is InChI=1S/C14H15NOS/c16-14(12-5-7-17-9-12)11-4-3-10-2-1-6-15-13(10)8-11/h1-4,6,8,12,14,16H,5,7,9H2. The highest BCUT2D eigenvalue weighted by molar-refractivity contribution is 7.99. The first kappa shape index (κ1) is 11.1. The van der Waals surface area contributed by atoms with Crippen LogP contribution in [0.15, 0.2) is 36.5 Å². The number of hydrogen-bond acceptors (Lipinski definition) is 3. The fraction of sp³-hybridized carbons (Fsp3) is 0.357. The molecule has 3 heteroatoms. The molecule has 2 unspecified atom stereocenters. The summed E-state index contributed by atoms with van der Waals surface area (Å²) in [5, 5.41) is 11.5. The van der Waals surface area contributed by atoms with Gasteiger partial charge in [0.25, 0.3) is 0 Å². The minimum atomic E-state index is -0.337. The molecule has 1 saturated heterocycles. The van der Waals surface area contributed by atoms with Gasteiger partial charge in [0.2, 0.25) is 0 Å². The summed E-state index contributed by atoms with van der Waals surface area (Å²) in [6, 6.07) is 10.1. The van der Waals surface area contributed by atoms with Crippen LogP contribution in [0.5, 0.6) is 0 Å². The first-order chi connectivity index (χ1) is 8.34. The molecule has 2 heterocycles. The van der Waals surface area contributed by atoms with Crippen LogP contribution in [0, 0.1) is 5.92 Å². The van der Waals surface area contributed by atoms with E-state index >= 15 is 0 Å². The van der Waals surface area contributed by atoms with E-state index in [-0.39, 0.29) is 6.10 Å². The van der Waals surface area contributed by atoms with Crippen LogP contribution in [-0.4, -0.2) is 21.6 Å². The fourth-order valence-electron chi connectivity index (χ4n) is 2.34. The molecule has 2 aromatic rings. The van der Waals surface area contributed by atoms with Crippen molar-refractivity contribution in [2.24, 2.45) is 5.92 Å². The third-order valence-corrected chi connectivity index (χ3v) is 4.57. The number of fused-ring (bicyclic) bond motifs is 1. The van der Waals surface area contributed by atoms with E-state index in [0.29, 0.717) is 5.92 Å². The van der Waals surface area contributed by atoms with Gasteiger partial charge >= 0.3 is 0 Å². The normalized spacial score (nSPS) is 21.8. The molecule has 1 aliphatic heterocycles. The maximum absolute atomic E-state index is 10.3. The first-order valence-corrected chi connectivity index (χ1v) is 7.10. The van der Waals surface area contributed by atoms with Crippen LogP contribution in [0.4, 0.5) is 0 Å². The highest BCUT2D eigenvalue weighted by Crippen LogP contribution is 2.34. The molecule has 2 atom stereocenters. The van der Waals surface area contributed by atoms with Crippen LogP contribution in [0.2, 0.25) is 0 Å². The molecule has 1 aliphatic rings. The molecular weight excluding hydrogens is 230 g/mol. The Morgan fingerprint density at radius 3 is 3.12 bits per heavy atom. The van der Waals surface area contributed by atoms with Crippen LogP contribution >= 0.6 is 11.8 Å². The van der Waals surface area contributed by atoms with Gasteiger partial charge in [-0.1, -0.05) is 18.2 Å². The lowest BCUT2D eigenvalue weighted by Crippen LogP contribution is -2.11. The zero-order valence-corrected chi connectivity index (χ0v) is 10.4. The summed E-state index contributed by atoms with van der Waals surface area (Å²) in [6.45, 7) is 0. The van der Waals surface area contributed by atoms with Crippen molar-refractivity contribution in [3.63, 3.8) is 0 Å². The molecule has 0 saturated carbocycles. The number of aliphatic hydroxyl groups excluding tert-OH is 1. The average Bonchev–Trinajstić information content (AvgIpc) is 2.91. The topological polar surface area (TPSA) is 33.1 Å². The van der Waals surface area contributed by atoms with Gasteiger partial charge in [0.15, 0.2) is 0 Å². The molecule has 0 spiro atoms. The molecular formula is C14H15NOS. The molecule has 0 bridgehead atoms. The number of benzene rings is 1. The Hall–Kier alpha value is -1.06. The van der Waals surface area contributed by atoms with Gasteiger partial charge < -0.3 is 5.11 Å². The van der Waals surface area contributed by atoms with Crippen LogP contribution in [0.25, 0.3) is 10.9 Å². The summed E-state index contributed by atoms with van der Waals surface area (Å²) in [6.07, 6.45) is 2.58. The SMILES string of the molecule is OC(c1ccc2cccnc2c1)C1CCSC1. The quantitative estimate of drug-likeness (QED) is 0.883. The van der Waals surface area contributed by atoms with Gasteiger partial charge in [-0.3, -0.25) is 4.98 Å². The molecule has 2 nitrogen and oxygen atoms in total. The zero-order chi connectivity index (χ0) is 11.7. The summed E-state index contributed by atoms with van der Waals surface area (Å²) in [4.78, 5) is 4.33. The average molecular weight is 245 g/mol. The Morgan fingerprint density at radius 2 is 2.29 bits per heavy atom. The molecule has 0 aliphatic carbocycles. The molecule has 88 valence electrons. The summed E-state index contributed by atoms with van der Waals surface area (Å²) in [5.74, 6) is 2.65. The summed E-state index contributed by atoms with van der Waals surface area (Å²) >= 11 is 1.93. The number of nitrogens with zero attached hydrogens (tertiary/aromatic N) is 1. The minimum Gasteiger partial charge on any atom is -0.388 e. The Morgan fingerprint density at radius 1 is 1.35 bits per heavy atom.